The summed E-state index contributed by atoms with van der Waals surface area (Å²) in [6.07, 6.45) is 85.3. The van der Waals surface area contributed by atoms with Gasteiger partial charge in [0.25, 0.3) is 0 Å². The van der Waals surface area contributed by atoms with Crippen molar-refractivity contribution in [2.45, 2.75) is 409 Å². The molecule has 514 valence electrons. The highest BCUT2D eigenvalue weighted by Gasteiger charge is 2.20. The highest BCUT2D eigenvalue weighted by molar-refractivity contribution is 7.41. The maximum absolute atomic E-state index is 6.22. The molecule has 0 aliphatic rings. The first-order chi connectivity index (χ1) is 42.5. The Morgan fingerprint density at radius 1 is 0.209 bits per heavy atom. The first kappa shape index (κ1) is 87.9. The molecule has 0 aliphatic carbocycles. The molecule has 6 nitrogen and oxygen atoms in total. The second-order valence-corrected chi connectivity index (χ2v) is 28.3. The number of allylic oxidation sites excluding steroid dienone is 6. The van der Waals surface area contributed by atoms with Crippen molar-refractivity contribution in [3.05, 3.63) is 36.5 Å². The Morgan fingerprint density at radius 2 is 0.395 bits per heavy atom. The van der Waals surface area contributed by atoms with Crippen LogP contribution in [0.3, 0.4) is 0 Å². The molecule has 86 heavy (non-hydrogen) atoms. The lowest BCUT2D eigenvalue weighted by Crippen LogP contribution is -2.13. The van der Waals surface area contributed by atoms with Gasteiger partial charge in [-0.2, -0.15) is 0 Å². The molecule has 3 unspecified atom stereocenters. The van der Waals surface area contributed by atoms with Crippen molar-refractivity contribution in [1.82, 2.24) is 0 Å². The van der Waals surface area contributed by atoms with Crippen LogP contribution in [0, 0.1) is 17.8 Å². The van der Waals surface area contributed by atoms with Gasteiger partial charge in [0, 0.05) is 0 Å². The van der Waals surface area contributed by atoms with Crippen molar-refractivity contribution < 1.29 is 27.1 Å². The Hall–Kier alpha value is -0.160. The summed E-state index contributed by atoms with van der Waals surface area (Å²) in [5.41, 5.74) is 0. The maximum atomic E-state index is 6.22. The SMILES string of the molecule is CCCCC(CC)COP(OCC(CC)CCCC)OCC(CC)CCCC.CCCCCCCC/C=C\CCCCCCCCOP(OCCCCCCCC/C=C\CCCCCCCC)OCCCCCCCC/C=C\CCCCCCCC. The van der Waals surface area contributed by atoms with E-state index in [9.17, 15) is 0 Å². The molecular formula is C78H156O6P2. The van der Waals surface area contributed by atoms with Gasteiger partial charge in [-0.25, -0.2) is 0 Å². The normalized spacial score (nSPS) is 13.5. The van der Waals surface area contributed by atoms with Crippen LogP contribution in [0.5, 0.6) is 0 Å². The summed E-state index contributed by atoms with van der Waals surface area (Å²) in [5.74, 6) is 1.88. The van der Waals surface area contributed by atoms with Crippen molar-refractivity contribution in [3.63, 3.8) is 0 Å². The van der Waals surface area contributed by atoms with Crippen LogP contribution in [-0.2, 0) is 27.1 Å². The molecule has 0 saturated heterocycles. The van der Waals surface area contributed by atoms with Crippen LogP contribution >= 0.6 is 17.2 Å². The first-order valence-electron chi connectivity index (χ1n) is 38.8. The average molecular weight is 1250 g/mol. The van der Waals surface area contributed by atoms with E-state index in [0.717, 1.165) is 58.9 Å². The molecular weight excluding hydrogens is 1090 g/mol. The molecule has 0 rings (SSSR count). The molecule has 8 heteroatoms. The molecule has 0 amide bonds. The quantitative estimate of drug-likeness (QED) is 0.0344. The second-order valence-electron chi connectivity index (χ2n) is 25.9. The van der Waals surface area contributed by atoms with Crippen molar-refractivity contribution >= 4 is 17.2 Å². The molecule has 0 radical (unpaired) electrons. The third-order valence-corrected chi connectivity index (χ3v) is 19.7. The lowest BCUT2D eigenvalue weighted by Gasteiger charge is -2.24. The van der Waals surface area contributed by atoms with Crippen molar-refractivity contribution in [2.24, 2.45) is 17.8 Å². The Kier molecular flexibility index (Phi) is 80.8. The predicted octanol–water partition coefficient (Wildman–Crippen LogP) is 29.3. The molecule has 0 aromatic rings. The van der Waals surface area contributed by atoms with Crippen LogP contribution < -0.4 is 0 Å². The summed E-state index contributed by atoms with van der Waals surface area (Å²) < 4.78 is 37.3. The van der Waals surface area contributed by atoms with E-state index in [1.165, 1.54) is 327 Å². The monoisotopic (exact) mass is 1250 g/mol. The molecule has 0 aliphatic heterocycles. The van der Waals surface area contributed by atoms with Crippen molar-refractivity contribution in [1.29, 1.82) is 0 Å². The number of unbranched alkanes of at least 4 members (excludes halogenated alkanes) is 39. The van der Waals surface area contributed by atoms with E-state index in [0.29, 0.717) is 17.8 Å². The fourth-order valence-corrected chi connectivity index (χ4v) is 13.2. The summed E-state index contributed by atoms with van der Waals surface area (Å²) in [6.45, 7) is 25.1. The molecule has 0 fully saturated rings. The van der Waals surface area contributed by atoms with E-state index in [-0.39, 0.29) is 0 Å². The van der Waals surface area contributed by atoms with Gasteiger partial charge in [0.2, 0.25) is 0 Å². The van der Waals surface area contributed by atoms with E-state index in [1.54, 1.807) is 0 Å². The smallest absolute Gasteiger partial charge is 0.312 e. The standard InChI is InChI=1S/C54H105O3P.C24H51O3P/c1-4-7-10-13-16-19-22-25-28-31-34-37-40-43-46-49-52-55-58(56-53-50-47-44-41-38-35-32-29-26-23-20-17-14-11-8-5-2)57-54-51-48-45-42-39-36-33-30-27-24-21-18-15-12-9-6-3;1-7-13-16-22(10-4)19-25-28(26-20-23(11-5)17-14-8-2)27-21-24(12-6)18-15-9-3/h25-30H,4-24,31-54H2,1-3H3;22-24H,7-21H2,1-6H3/b28-25-,29-26-,30-27-;. The first-order valence-corrected chi connectivity index (χ1v) is 41.0. The second kappa shape index (κ2) is 79.1. The topological polar surface area (TPSA) is 55.4 Å². The van der Waals surface area contributed by atoms with Gasteiger partial charge in [-0.05, 0) is 133 Å². The average Bonchev–Trinajstić information content (AvgIpc) is 3.59. The summed E-state index contributed by atoms with van der Waals surface area (Å²) in [6, 6.07) is 0. The van der Waals surface area contributed by atoms with Gasteiger partial charge >= 0.3 is 17.2 Å². The third kappa shape index (κ3) is 71.3. The fourth-order valence-electron chi connectivity index (χ4n) is 10.9. The highest BCUT2D eigenvalue weighted by Crippen LogP contribution is 2.43. The number of rotatable bonds is 72. The molecule has 0 aromatic carbocycles. The minimum atomic E-state index is -1.22. The summed E-state index contributed by atoms with van der Waals surface area (Å²) >= 11 is 0. The molecule has 0 spiro atoms. The summed E-state index contributed by atoms with van der Waals surface area (Å²) in [4.78, 5) is 0. The van der Waals surface area contributed by atoms with Crippen LogP contribution in [0.2, 0.25) is 0 Å². The van der Waals surface area contributed by atoms with E-state index in [1.807, 2.05) is 0 Å². The van der Waals surface area contributed by atoms with Gasteiger partial charge in [-0.15, -0.1) is 0 Å². The third-order valence-electron chi connectivity index (χ3n) is 17.4. The number of hydrogen-bond donors (Lipinski definition) is 0. The largest absolute Gasteiger partial charge is 0.332 e. The zero-order valence-corrected chi connectivity index (χ0v) is 61.8. The Morgan fingerprint density at radius 3 is 0.605 bits per heavy atom. The van der Waals surface area contributed by atoms with Crippen LogP contribution in [0.15, 0.2) is 36.5 Å². The molecule has 0 bridgehead atoms. The molecule has 3 atom stereocenters. The lowest BCUT2D eigenvalue weighted by molar-refractivity contribution is 0.110. The number of hydrogen-bond acceptors (Lipinski definition) is 6. The van der Waals surface area contributed by atoms with E-state index in [2.05, 4.69) is 98.8 Å². The van der Waals surface area contributed by atoms with Gasteiger partial charge < -0.3 is 27.1 Å². The zero-order valence-electron chi connectivity index (χ0n) is 60.0. The Labute approximate surface area is 544 Å². The molecule has 0 N–H and O–H groups in total. The zero-order chi connectivity index (χ0) is 62.8. The minimum Gasteiger partial charge on any atom is -0.312 e. The van der Waals surface area contributed by atoms with Gasteiger partial charge in [0.15, 0.2) is 0 Å². The molecule has 0 aromatic heterocycles. The van der Waals surface area contributed by atoms with Crippen LogP contribution in [0.25, 0.3) is 0 Å². The van der Waals surface area contributed by atoms with Gasteiger partial charge in [0.05, 0.1) is 39.6 Å². The van der Waals surface area contributed by atoms with Crippen LogP contribution in [0.1, 0.15) is 409 Å². The van der Waals surface area contributed by atoms with Crippen molar-refractivity contribution in [3.8, 4) is 0 Å². The van der Waals surface area contributed by atoms with E-state index < -0.39 is 17.2 Å². The Balaban J connectivity index is 0. The summed E-state index contributed by atoms with van der Waals surface area (Å²) in [7, 11) is -2.43. The van der Waals surface area contributed by atoms with Crippen LogP contribution in [0.4, 0.5) is 0 Å². The van der Waals surface area contributed by atoms with Crippen molar-refractivity contribution in [2.75, 3.05) is 39.6 Å². The van der Waals surface area contributed by atoms with E-state index in [4.69, 9.17) is 27.1 Å². The molecule has 0 heterocycles. The highest BCUT2D eigenvalue weighted by atomic mass is 31.2. The minimum absolute atomic E-state index is 0.626. The lowest BCUT2D eigenvalue weighted by atomic mass is 10.0. The Bertz CT molecular complexity index is 1150. The summed E-state index contributed by atoms with van der Waals surface area (Å²) in [5, 5.41) is 0. The molecule has 0 saturated carbocycles. The maximum Gasteiger partial charge on any atom is 0.332 e. The van der Waals surface area contributed by atoms with Crippen LogP contribution in [-0.4, -0.2) is 39.6 Å². The van der Waals surface area contributed by atoms with Gasteiger partial charge in [0.1, 0.15) is 0 Å². The van der Waals surface area contributed by atoms with Gasteiger partial charge in [-0.3, -0.25) is 0 Å². The van der Waals surface area contributed by atoms with Gasteiger partial charge in [-0.1, -0.05) is 330 Å². The van der Waals surface area contributed by atoms with E-state index >= 15 is 0 Å². The fraction of sp³-hybridized carbons (Fsp3) is 0.923. The predicted molar refractivity (Wildman–Crippen MR) is 388 cm³/mol.